The molecule has 0 amide bonds. The van der Waals surface area contributed by atoms with Crippen LogP contribution in [0.5, 0.6) is 0 Å². The summed E-state index contributed by atoms with van der Waals surface area (Å²) in [6.45, 7) is 4.82. The number of rotatable bonds is 4. The SMILES string of the molecule is C#CCCNC1(CN)CC(C)N(C)C1. The van der Waals surface area contributed by atoms with Crippen molar-refractivity contribution in [1.82, 2.24) is 10.2 Å². The van der Waals surface area contributed by atoms with Crippen LogP contribution >= 0.6 is 0 Å². The van der Waals surface area contributed by atoms with E-state index in [0.29, 0.717) is 12.6 Å². The van der Waals surface area contributed by atoms with Crippen LogP contribution in [0.15, 0.2) is 0 Å². The van der Waals surface area contributed by atoms with Crippen molar-refractivity contribution in [3.05, 3.63) is 0 Å². The van der Waals surface area contributed by atoms with Crippen LogP contribution < -0.4 is 11.1 Å². The third-order valence-corrected chi connectivity index (χ3v) is 3.15. The molecule has 80 valence electrons. The van der Waals surface area contributed by atoms with Crippen molar-refractivity contribution >= 4 is 0 Å². The lowest BCUT2D eigenvalue weighted by Gasteiger charge is -2.28. The quantitative estimate of drug-likeness (QED) is 0.491. The summed E-state index contributed by atoms with van der Waals surface area (Å²) in [5.74, 6) is 2.64. The lowest BCUT2D eigenvalue weighted by atomic mass is 9.96. The summed E-state index contributed by atoms with van der Waals surface area (Å²) in [4.78, 5) is 2.34. The van der Waals surface area contributed by atoms with Crippen molar-refractivity contribution in [2.24, 2.45) is 5.73 Å². The van der Waals surface area contributed by atoms with Crippen LogP contribution in [0.4, 0.5) is 0 Å². The highest BCUT2D eigenvalue weighted by molar-refractivity contribution is 5.01. The number of nitrogens with one attached hydrogen (secondary N) is 1. The fourth-order valence-electron chi connectivity index (χ4n) is 2.17. The van der Waals surface area contributed by atoms with Gasteiger partial charge in [-0.1, -0.05) is 0 Å². The molecule has 0 aromatic heterocycles. The fourth-order valence-corrected chi connectivity index (χ4v) is 2.17. The molecule has 1 heterocycles. The van der Waals surface area contributed by atoms with Crippen LogP contribution in [-0.2, 0) is 0 Å². The molecule has 1 aliphatic rings. The van der Waals surface area contributed by atoms with E-state index in [-0.39, 0.29) is 5.54 Å². The summed E-state index contributed by atoms with van der Waals surface area (Å²) < 4.78 is 0. The van der Waals surface area contributed by atoms with Crippen LogP contribution in [-0.4, -0.2) is 43.2 Å². The lowest BCUT2D eigenvalue weighted by Crippen LogP contribution is -2.53. The first-order valence-electron chi connectivity index (χ1n) is 5.22. The molecule has 14 heavy (non-hydrogen) atoms. The number of nitrogens with two attached hydrogens (primary N) is 1. The molecular formula is C11H21N3. The number of likely N-dealkylation sites (tertiary alicyclic amines) is 1. The minimum atomic E-state index is 0.0883. The van der Waals surface area contributed by atoms with Gasteiger partial charge in [0.25, 0.3) is 0 Å². The summed E-state index contributed by atoms with van der Waals surface area (Å²) in [5.41, 5.74) is 5.92. The Hall–Kier alpha value is -0.560. The number of terminal acetylenes is 1. The second kappa shape index (κ2) is 4.79. The van der Waals surface area contributed by atoms with E-state index in [9.17, 15) is 0 Å². The number of hydrogen-bond donors (Lipinski definition) is 2. The first kappa shape index (κ1) is 11.5. The van der Waals surface area contributed by atoms with Crippen LogP contribution in [0.2, 0.25) is 0 Å². The molecule has 3 nitrogen and oxygen atoms in total. The van der Waals surface area contributed by atoms with Crippen LogP contribution in [0.25, 0.3) is 0 Å². The zero-order chi connectivity index (χ0) is 10.6. The van der Waals surface area contributed by atoms with E-state index in [1.165, 1.54) is 0 Å². The van der Waals surface area contributed by atoms with Crippen molar-refractivity contribution in [2.75, 3.05) is 26.7 Å². The molecule has 0 aromatic rings. The van der Waals surface area contributed by atoms with E-state index in [4.69, 9.17) is 12.2 Å². The molecule has 0 saturated carbocycles. The van der Waals surface area contributed by atoms with Gasteiger partial charge < -0.3 is 16.0 Å². The van der Waals surface area contributed by atoms with Gasteiger partial charge in [0.05, 0.1) is 0 Å². The van der Waals surface area contributed by atoms with E-state index >= 15 is 0 Å². The largest absolute Gasteiger partial charge is 0.329 e. The molecule has 0 radical (unpaired) electrons. The van der Waals surface area contributed by atoms with Crippen molar-refractivity contribution < 1.29 is 0 Å². The molecule has 1 rings (SSSR count). The standard InChI is InChI=1S/C11H21N3/c1-4-5-6-13-11(8-12)7-10(2)14(3)9-11/h1,10,13H,5-9,12H2,2-3H3. The highest BCUT2D eigenvalue weighted by Gasteiger charge is 2.38. The number of nitrogens with zero attached hydrogens (tertiary/aromatic N) is 1. The average molecular weight is 195 g/mol. The van der Waals surface area contributed by atoms with Crippen molar-refractivity contribution in [3.63, 3.8) is 0 Å². The first-order chi connectivity index (χ1) is 6.63. The van der Waals surface area contributed by atoms with E-state index in [0.717, 1.165) is 25.9 Å². The minimum absolute atomic E-state index is 0.0883. The van der Waals surface area contributed by atoms with Gasteiger partial charge in [0, 0.05) is 37.6 Å². The molecule has 1 aliphatic heterocycles. The molecule has 2 atom stereocenters. The van der Waals surface area contributed by atoms with E-state index < -0.39 is 0 Å². The molecule has 1 saturated heterocycles. The Morgan fingerprint density at radius 3 is 2.86 bits per heavy atom. The maximum absolute atomic E-state index is 5.83. The maximum Gasteiger partial charge on any atom is 0.0447 e. The van der Waals surface area contributed by atoms with E-state index in [2.05, 4.69) is 30.1 Å². The third kappa shape index (κ3) is 2.48. The summed E-state index contributed by atoms with van der Waals surface area (Å²) in [6, 6.07) is 0.608. The zero-order valence-corrected chi connectivity index (χ0v) is 9.21. The van der Waals surface area contributed by atoms with E-state index in [1.807, 2.05) is 0 Å². The highest BCUT2D eigenvalue weighted by Crippen LogP contribution is 2.24. The Kier molecular flexibility index (Phi) is 3.94. The normalized spacial score (nSPS) is 33.1. The fraction of sp³-hybridized carbons (Fsp3) is 0.818. The van der Waals surface area contributed by atoms with Gasteiger partial charge in [-0.3, -0.25) is 0 Å². The third-order valence-electron chi connectivity index (χ3n) is 3.15. The second-order valence-corrected chi connectivity index (χ2v) is 4.33. The van der Waals surface area contributed by atoms with Gasteiger partial charge in [0.15, 0.2) is 0 Å². The zero-order valence-electron chi connectivity index (χ0n) is 9.21. The Bertz CT molecular complexity index is 209. The van der Waals surface area contributed by atoms with Crippen molar-refractivity contribution in [1.29, 1.82) is 0 Å². The Balaban J connectivity index is 2.48. The average Bonchev–Trinajstić information content (AvgIpc) is 2.44. The second-order valence-electron chi connectivity index (χ2n) is 4.33. The van der Waals surface area contributed by atoms with E-state index in [1.54, 1.807) is 0 Å². The van der Waals surface area contributed by atoms with Crippen molar-refractivity contribution in [2.45, 2.75) is 31.3 Å². The summed E-state index contributed by atoms with van der Waals surface area (Å²) in [5, 5.41) is 3.50. The molecule has 0 spiro atoms. The van der Waals surface area contributed by atoms with Gasteiger partial charge in [0.2, 0.25) is 0 Å². The van der Waals surface area contributed by atoms with Crippen LogP contribution in [0.1, 0.15) is 19.8 Å². The Morgan fingerprint density at radius 2 is 2.43 bits per heavy atom. The number of likely N-dealkylation sites (N-methyl/N-ethyl adjacent to an activating group) is 1. The Morgan fingerprint density at radius 1 is 1.71 bits per heavy atom. The van der Waals surface area contributed by atoms with Gasteiger partial charge in [-0.25, -0.2) is 0 Å². The van der Waals surface area contributed by atoms with Gasteiger partial charge in [-0.2, -0.15) is 0 Å². The van der Waals surface area contributed by atoms with Gasteiger partial charge >= 0.3 is 0 Å². The molecular weight excluding hydrogens is 174 g/mol. The van der Waals surface area contributed by atoms with Gasteiger partial charge in [-0.15, -0.1) is 12.3 Å². The minimum Gasteiger partial charge on any atom is -0.329 e. The molecule has 3 heteroatoms. The molecule has 0 aromatic carbocycles. The van der Waals surface area contributed by atoms with Crippen LogP contribution in [0.3, 0.4) is 0 Å². The van der Waals surface area contributed by atoms with Crippen LogP contribution in [0, 0.1) is 12.3 Å². The van der Waals surface area contributed by atoms with Gasteiger partial charge in [0.1, 0.15) is 0 Å². The molecule has 1 fully saturated rings. The molecule has 2 unspecified atom stereocenters. The predicted octanol–water partition coefficient (Wildman–Crippen LogP) is 0.0208. The smallest absolute Gasteiger partial charge is 0.0447 e. The predicted molar refractivity (Wildman–Crippen MR) is 59.9 cm³/mol. The highest BCUT2D eigenvalue weighted by atomic mass is 15.2. The molecule has 0 bridgehead atoms. The summed E-state index contributed by atoms with van der Waals surface area (Å²) in [7, 11) is 2.14. The maximum atomic E-state index is 5.83. The summed E-state index contributed by atoms with van der Waals surface area (Å²) >= 11 is 0. The first-order valence-corrected chi connectivity index (χ1v) is 5.22. The summed E-state index contributed by atoms with van der Waals surface area (Å²) in [6.07, 6.45) is 7.11. The van der Waals surface area contributed by atoms with Gasteiger partial charge in [-0.05, 0) is 20.4 Å². The molecule has 3 N–H and O–H groups in total. The monoisotopic (exact) mass is 195 g/mol. The molecule has 0 aliphatic carbocycles. The number of hydrogen-bond acceptors (Lipinski definition) is 3. The topological polar surface area (TPSA) is 41.3 Å². The van der Waals surface area contributed by atoms with Crippen molar-refractivity contribution in [3.8, 4) is 12.3 Å². The Labute approximate surface area is 87.0 Å². The lowest BCUT2D eigenvalue weighted by molar-refractivity contribution is 0.301.